The Morgan fingerprint density at radius 2 is 0.893 bits per heavy atom. The Kier molecular flexibility index (Phi) is 5.99. The highest BCUT2D eigenvalue weighted by molar-refractivity contribution is 7.19. The Bertz CT molecular complexity index is 3140. The van der Waals surface area contributed by atoms with Crippen LogP contribution in [-0.2, 0) is 21.7 Å². The molecule has 1 heteroatoms. The molecule has 0 saturated heterocycles. The number of aryl methyl sites for hydroxylation is 1. The van der Waals surface area contributed by atoms with Crippen molar-refractivity contribution in [2.24, 2.45) is 0 Å². The van der Waals surface area contributed by atoms with Gasteiger partial charge in [-0.3, -0.25) is 0 Å². The van der Waals surface area contributed by atoms with E-state index in [0.29, 0.717) is 0 Å². The maximum atomic E-state index is 2.56. The van der Waals surface area contributed by atoms with Gasteiger partial charge in [0, 0.05) is 31.4 Å². The molecule has 0 radical (unpaired) electrons. The van der Waals surface area contributed by atoms with Crippen LogP contribution < -0.4 is 0 Å². The van der Waals surface area contributed by atoms with Crippen molar-refractivity contribution in [2.75, 3.05) is 0 Å². The monoisotopic (exact) mass is 738 g/mol. The summed E-state index contributed by atoms with van der Waals surface area (Å²) in [4.78, 5) is 2.67. The Balaban J connectivity index is 1.03. The van der Waals surface area contributed by atoms with E-state index in [-0.39, 0.29) is 21.7 Å². The summed E-state index contributed by atoms with van der Waals surface area (Å²) >= 11 is 1.95. The number of fused-ring (bicyclic) bond motifs is 8. The second kappa shape index (κ2) is 10.2. The number of benzene rings is 7. The van der Waals surface area contributed by atoms with E-state index in [1.807, 2.05) is 11.3 Å². The van der Waals surface area contributed by atoms with E-state index in [2.05, 4.69) is 178 Å². The molecule has 0 nitrogen and oxygen atoms in total. The smallest absolute Gasteiger partial charge is 0.0355 e. The molecule has 4 aliphatic rings. The molecule has 12 rings (SSSR count). The van der Waals surface area contributed by atoms with Crippen molar-refractivity contribution in [3.05, 3.63) is 165 Å². The van der Waals surface area contributed by atoms with Crippen LogP contribution in [0, 0.1) is 6.92 Å². The maximum Gasteiger partial charge on any atom is 0.0355 e. The third kappa shape index (κ3) is 3.77. The van der Waals surface area contributed by atoms with Gasteiger partial charge < -0.3 is 0 Å². The molecule has 7 aromatic carbocycles. The third-order valence-corrected chi connectivity index (χ3v) is 16.2. The van der Waals surface area contributed by atoms with Crippen molar-refractivity contribution in [2.45, 2.75) is 84.0 Å². The lowest BCUT2D eigenvalue weighted by molar-refractivity contribution is 0.639. The molecule has 56 heavy (non-hydrogen) atoms. The van der Waals surface area contributed by atoms with Crippen LogP contribution in [0.3, 0.4) is 0 Å². The van der Waals surface area contributed by atoms with E-state index in [4.69, 9.17) is 0 Å². The molecule has 0 N–H and O–H groups in total. The van der Waals surface area contributed by atoms with Crippen LogP contribution in [0.4, 0.5) is 0 Å². The van der Waals surface area contributed by atoms with Crippen molar-refractivity contribution in [3.63, 3.8) is 0 Å². The van der Waals surface area contributed by atoms with E-state index in [9.17, 15) is 0 Å². The van der Waals surface area contributed by atoms with Gasteiger partial charge in [-0.05, 0) is 166 Å². The Morgan fingerprint density at radius 3 is 1.68 bits per heavy atom. The van der Waals surface area contributed by atoms with Crippen LogP contribution in [0.2, 0.25) is 0 Å². The van der Waals surface area contributed by atoms with Gasteiger partial charge in [-0.1, -0.05) is 128 Å². The zero-order valence-electron chi connectivity index (χ0n) is 33.9. The molecule has 0 unspecified atom stereocenters. The van der Waals surface area contributed by atoms with Gasteiger partial charge in [0.1, 0.15) is 0 Å². The highest BCUT2D eigenvalue weighted by Gasteiger charge is 2.46. The van der Waals surface area contributed by atoms with Crippen LogP contribution in [-0.4, -0.2) is 0 Å². The fraction of sp³-hybridized carbons (Fsp3) is 0.236. The standard InChI is InChI=1S/C55H46S/c1-29-23-42-51-49-31(29)18-14-20-39(49)53(4,5)43-24-30(25-44(50(43)51)55(42,8)9)46-21-22-47(56-46)36-27-45-48(34-17-11-10-15-32(34)36)37-28-40-35(26-41(37)54(45,6)7)33-16-12-13-19-38(33)52(40,2)3/h10-28H,1-9H3. The lowest BCUT2D eigenvalue weighted by Crippen LogP contribution is -2.24. The first kappa shape index (κ1) is 33.0. The summed E-state index contributed by atoms with van der Waals surface area (Å²) in [7, 11) is 0. The summed E-state index contributed by atoms with van der Waals surface area (Å²) in [5.41, 5.74) is 24.0. The summed E-state index contributed by atoms with van der Waals surface area (Å²) in [5.74, 6) is 0. The van der Waals surface area contributed by atoms with Crippen molar-refractivity contribution >= 4 is 32.9 Å². The Labute approximate surface area is 334 Å². The van der Waals surface area contributed by atoms with E-state index in [1.54, 1.807) is 0 Å². The molecule has 8 aromatic rings. The van der Waals surface area contributed by atoms with Gasteiger partial charge in [0.15, 0.2) is 0 Å². The van der Waals surface area contributed by atoms with E-state index in [1.165, 1.54) is 126 Å². The van der Waals surface area contributed by atoms with Crippen LogP contribution >= 0.6 is 11.3 Å². The predicted molar refractivity (Wildman–Crippen MR) is 240 cm³/mol. The van der Waals surface area contributed by atoms with Gasteiger partial charge in [0.2, 0.25) is 0 Å². The minimum atomic E-state index is -0.130. The number of hydrogen-bond acceptors (Lipinski definition) is 1. The molecule has 1 heterocycles. The topological polar surface area (TPSA) is 0 Å². The van der Waals surface area contributed by atoms with E-state index >= 15 is 0 Å². The normalized spacial score (nSPS) is 17.6. The molecule has 0 aliphatic heterocycles. The first-order chi connectivity index (χ1) is 26.7. The van der Waals surface area contributed by atoms with Gasteiger partial charge in [-0.15, -0.1) is 11.3 Å². The Hall–Kier alpha value is -5.24. The number of rotatable bonds is 2. The van der Waals surface area contributed by atoms with E-state index in [0.717, 1.165) is 0 Å². The quantitative estimate of drug-likeness (QED) is 0.166. The average Bonchev–Trinajstić information content (AvgIpc) is 3.88. The molecule has 0 amide bonds. The summed E-state index contributed by atoms with van der Waals surface area (Å²) < 4.78 is 0. The summed E-state index contributed by atoms with van der Waals surface area (Å²) in [5, 5.41) is 5.58. The molecule has 0 fully saturated rings. The molecule has 272 valence electrons. The molecule has 0 atom stereocenters. The number of thiophene rings is 1. The van der Waals surface area contributed by atoms with Crippen molar-refractivity contribution in [3.8, 4) is 54.3 Å². The summed E-state index contributed by atoms with van der Waals surface area (Å²) in [6, 6.07) is 45.2. The third-order valence-electron chi connectivity index (χ3n) is 15.0. The van der Waals surface area contributed by atoms with Crippen molar-refractivity contribution < 1.29 is 0 Å². The minimum Gasteiger partial charge on any atom is -0.135 e. The predicted octanol–water partition coefficient (Wildman–Crippen LogP) is 15.3. The summed E-state index contributed by atoms with van der Waals surface area (Å²) in [6.07, 6.45) is 0. The zero-order valence-corrected chi connectivity index (χ0v) is 34.7. The van der Waals surface area contributed by atoms with Gasteiger partial charge in [0.25, 0.3) is 0 Å². The molecule has 0 saturated carbocycles. The first-order valence-electron chi connectivity index (χ1n) is 20.4. The highest BCUT2D eigenvalue weighted by Crippen LogP contribution is 2.62. The molecule has 0 bridgehead atoms. The van der Waals surface area contributed by atoms with E-state index < -0.39 is 0 Å². The highest BCUT2D eigenvalue weighted by atomic mass is 32.1. The van der Waals surface area contributed by atoms with Crippen LogP contribution in [0.5, 0.6) is 0 Å². The fourth-order valence-corrected chi connectivity index (χ4v) is 12.9. The molecular formula is C55H46S. The van der Waals surface area contributed by atoms with Crippen LogP contribution in [0.1, 0.15) is 105 Å². The van der Waals surface area contributed by atoms with Gasteiger partial charge >= 0.3 is 0 Å². The second-order valence-corrected chi connectivity index (χ2v) is 20.4. The molecular weight excluding hydrogens is 693 g/mol. The van der Waals surface area contributed by atoms with Gasteiger partial charge in [0.05, 0.1) is 0 Å². The number of hydrogen-bond donors (Lipinski definition) is 0. The zero-order chi connectivity index (χ0) is 38.4. The fourth-order valence-electron chi connectivity index (χ4n) is 11.9. The maximum absolute atomic E-state index is 2.56. The molecule has 0 spiro atoms. The average molecular weight is 739 g/mol. The largest absolute Gasteiger partial charge is 0.135 e. The first-order valence-corrected chi connectivity index (χ1v) is 21.2. The lowest BCUT2D eigenvalue weighted by atomic mass is 9.68. The van der Waals surface area contributed by atoms with Crippen LogP contribution in [0.25, 0.3) is 75.8 Å². The van der Waals surface area contributed by atoms with Crippen LogP contribution in [0.15, 0.2) is 115 Å². The van der Waals surface area contributed by atoms with Crippen molar-refractivity contribution in [1.29, 1.82) is 0 Å². The lowest BCUT2D eigenvalue weighted by Gasteiger charge is -2.35. The minimum absolute atomic E-state index is 0.0329. The molecule has 1 aromatic heterocycles. The second-order valence-electron chi connectivity index (χ2n) is 19.3. The van der Waals surface area contributed by atoms with Crippen molar-refractivity contribution in [1.82, 2.24) is 0 Å². The SMILES string of the molecule is Cc1cc2c3c4c(cccc14)C(C)(C)c1cc(-c4ccc(-c5cc6c(c7ccccc57)-c5cc7c(cc5C6(C)C)-c5ccccc5C7(C)C)s4)cc(c1-3)C2(C)C. The summed E-state index contributed by atoms with van der Waals surface area (Å²) in [6.45, 7) is 21.8. The van der Waals surface area contributed by atoms with Gasteiger partial charge in [-0.2, -0.15) is 0 Å². The molecule has 4 aliphatic carbocycles. The van der Waals surface area contributed by atoms with Gasteiger partial charge in [-0.25, -0.2) is 0 Å². The Morgan fingerprint density at radius 1 is 0.357 bits per heavy atom.